The Balaban J connectivity index is 0.00000392. The summed E-state index contributed by atoms with van der Waals surface area (Å²) in [6.45, 7) is 9.88. The minimum atomic E-state index is 0. The number of ether oxygens (including phenoxy) is 2. The Morgan fingerprint density at radius 1 is 1.29 bits per heavy atom. The van der Waals surface area contributed by atoms with Crippen LogP contribution in [0, 0.1) is 6.92 Å². The van der Waals surface area contributed by atoms with Gasteiger partial charge in [0.15, 0.2) is 17.5 Å². The fourth-order valence-corrected chi connectivity index (χ4v) is 3.39. The lowest BCUT2D eigenvalue weighted by atomic mass is 10.1. The normalized spacial score (nSPS) is 10.8. The van der Waals surface area contributed by atoms with Crippen LogP contribution in [0.5, 0.6) is 11.5 Å². The lowest BCUT2D eigenvalue weighted by Gasteiger charge is -2.14. The molecule has 0 unspecified atom stereocenters. The summed E-state index contributed by atoms with van der Waals surface area (Å²) in [4.78, 5) is 10.3. The highest BCUT2D eigenvalue weighted by molar-refractivity contribution is 14.0. The number of hydrogen-bond acceptors (Lipinski definition) is 5. The molecular weight excluding hydrogens is 487 g/mol. The molecule has 154 valence electrons. The molecule has 2 aromatic rings. The molecule has 0 atom stereocenters. The number of benzene rings is 1. The average molecular weight is 516 g/mol. The van der Waals surface area contributed by atoms with Gasteiger partial charge >= 0.3 is 0 Å². The summed E-state index contributed by atoms with van der Waals surface area (Å²) in [7, 11) is 3.29. The van der Waals surface area contributed by atoms with Crippen molar-refractivity contribution in [2.75, 3.05) is 20.8 Å². The molecule has 2 rings (SSSR count). The highest BCUT2D eigenvalue weighted by Crippen LogP contribution is 2.33. The minimum absolute atomic E-state index is 0. The number of nitrogens with one attached hydrogen (secondary N) is 2. The summed E-state index contributed by atoms with van der Waals surface area (Å²) in [5.74, 6) is 2.21. The van der Waals surface area contributed by atoms with E-state index in [4.69, 9.17) is 9.47 Å². The Hall–Kier alpha value is -1.81. The SMILES string of the molecule is C=CCc1cc(CN=C(NCC)NCc2ncc(C)s2)cc(OC)c1OC.I. The molecule has 2 N–H and O–H groups in total. The number of allylic oxidation sites excluding steroid dienone is 1. The third-order valence-corrected chi connectivity index (χ3v) is 4.73. The Labute approximate surface area is 188 Å². The molecule has 0 aliphatic carbocycles. The number of aromatic nitrogens is 1. The molecule has 0 bridgehead atoms. The number of nitrogens with zero attached hydrogens (tertiary/aromatic N) is 2. The second-order valence-corrected chi connectivity index (χ2v) is 7.22. The van der Waals surface area contributed by atoms with E-state index in [-0.39, 0.29) is 24.0 Å². The van der Waals surface area contributed by atoms with Crippen LogP contribution in [0.4, 0.5) is 0 Å². The molecular formula is C20H29IN4O2S. The van der Waals surface area contributed by atoms with Gasteiger partial charge in [0, 0.05) is 23.2 Å². The maximum atomic E-state index is 5.49. The first-order chi connectivity index (χ1) is 13.1. The van der Waals surface area contributed by atoms with Crippen molar-refractivity contribution >= 4 is 41.3 Å². The first-order valence-corrected chi connectivity index (χ1v) is 9.71. The monoisotopic (exact) mass is 516 g/mol. The van der Waals surface area contributed by atoms with Crippen molar-refractivity contribution < 1.29 is 9.47 Å². The number of aryl methyl sites for hydroxylation is 1. The highest BCUT2D eigenvalue weighted by Gasteiger charge is 2.11. The largest absolute Gasteiger partial charge is 0.493 e. The molecule has 0 fully saturated rings. The van der Waals surface area contributed by atoms with Gasteiger partial charge in [-0.15, -0.1) is 41.9 Å². The topological polar surface area (TPSA) is 67.8 Å². The van der Waals surface area contributed by atoms with E-state index in [1.807, 2.05) is 25.3 Å². The third kappa shape index (κ3) is 6.97. The van der Waals surface area contributed by atoms with Crippen molar-refractivity contribution in [2.24, 2.45) is 4.99 Å². The predicted molar refractivity (Wildman–Crippen MR) is 127 cm³/mol. The summed E-state index contributed by atoms with van der Waals surface area (Å²) < 4.78 is 11.0. The highest BCUT2D eigenvalue weighted by atomic mass is 127. The molecule has 8 heteroatoms. The second-order valence-electron chi connectivity index (χ2n) is 5.90. The van der Waals surface area contributed by atoms with Crippen LogP contribution in [-0.2, 0) is 19.5 Å². The minimum Gasteiger partial charge on any atom is -0.493 e. The van der Waals surface area contributed by atoms with E-state index in [1.54, 1.807) is 25.6 Å². The summed E-state index contributed by atoms with van der Waals surface area (Å²) in [6, 6.07) is 4.04. The van der Waals surface area contributed by atoms with Crippen LogP contribution in [0.25, 0.3) is 0 Å². The van der Waals surface area contributed by atoms with E-state index in [2.05, 4.69) is 40.2 Å². The van der Waals surface area contributed by atoms with Gasteiger partial charge < -0.3 is 20.1 Å². The quantitative estimate of drug-likeness (QED) is 0.228. The number of thiazole rings is 1. The Morgan fingerprint density at radius 2 is 2.07 bits per heavy atom. The Morgan fingerprint density at radius 3 is 2.64 bits per heavy atom. The molecule has 1 aromatic carbocycles. The standard InChI is InChI=1S/C20H28N4O2S.HI/c1-6-8-16-9-15(10-17(25-4)19(16)26-5)12-23-20(21-7-2)24-13-18-22-11-14(3)27-18;/h6,9-11H,1,7-8,12-13H2,2-5H3,(H2,21,23,24);1H. The first-order valence-electron chi connectivity index (χ1n) is 8.89. The average Bonchev–Trinajstić information content (AvgIpc) is 3.09. The van der Waals surface area contributed by atoms with Gasteiger partial charge in [0.05, 0.1) is 27.3 Å². The van der Waals surface area contributed by atoms with Crippen molar-refractivity contribution in [3.05, 3.63) is 52.0 Å². The fourth-order valence-electron chi connectivity index (χ4n) is 2.66. The van der Waals surface area contributed by atoms with Gasteiger partial charge in [-0.05, 0) is 38.0 Å². The zero-order valence-electron chi connectivity index (χ0n) is 16.9. The molecule has 0 saturated heterocycles. The number of aliphatic imine (C=N–C) groups is 1. The van der Waals surface area contributed by atoms with Crippen LogP contribution in [0.1, 0.15) is 27.9 Å². The molecule has 28 heavy (non-hydrogen) atoms. The van der Waals surface area contributed by atoms with E-state index < -0.39 is 0 Å². The molecule has 0 amide bonds. The van der Waals surface area contributed by atoms with Crippen molar-refractivity contribution in [3.8, 4) is 11.5 Å². The maximum absolute atomic E-state index is 5.49. The zero-order valence-corrected chi connectivity index (χ0v) is 20.0. The second kappa shape index (κ2) is 12.6. The summed E-state index contributed by atoms with van der Waals surface area (Å²) in [6.07, 6.45) is 4.45. The molecule has 6 nitrogen and oxygen atoms in total. The van der Waals surface area contributed by atoms with Gasteiger partial charge in [-0.25, -0.2) is 9.98 Å². The van der Waals surface area contributed by atoms with Crippen molar-refractivity contribution in [2.45, 2.75) is 33.4 Å². The number of methoxy groups -OCH3 is 2. The van der Waals surface area contributed by atoms with E-state index in [0.29, 0.717) is 25.3 Å². The van der Waals surface area contributed by atoms with Gasteiger partial charge in [-0.3, -0.25) is 0 Å². The van der Waals surface area contributed by atoms with E-state index >= 15 is 0 Å². The number of halogens is 1. The third-order valence-electron chi connectivity index (χ3n) is 3.82. The van der Waals surface area contributed by atoms with Crippen LogP contribution in [0.3, 0.4) is 0 Å². The van der Waals surface area contributed by atoms with Gasteiger partial charge in [0.1, 0.15) is 5.01 Å². The summed E-state index contributed by atoms with van der Waals surface area (Å²) in [5, 5.41) is 7.63. The molecule has 0 aliphatic rings. The molecule has 0 radical (unpaired) electrons. The van der Waals surface area contributed by atoms with Crippen LogP contribution >= 0.6 is 35.3 Å². The maximum Gasteiger partial charge on any atom is 0.191 e. The smallest absolute Gasteiger partial charge is 0.191 e. The number of guanidine groups is 1. The van der Waals surface area contributed by atoms with Crippen LogP contribution < -0.4 is 20.1 Å². The van der Waals surface area contributed by atoms with Crippen molar-refractivity contribution in [1.29, 1.82) is 0 Å². The van der Waals surface area contributed by atoms with Crippen molar-refractivity contribution in [1.82, 2.24) is 15.6 Å². The zero-order chi connectivity index (χ0) is 19.6. The van der Waals surface area contributed by atoms with E-state index in [0.717, 1.165) is 34.4 Å². The summed E-state index contributed by atoms with van der Waals surface area (Å²) in [5.41, 5.74) is 2.08. The summed E-state index contributed by atoms with van der Waals surface area (Å²) >= 11 is 1.68. The molecule has 1 aromatic heterocycles. The molecule has 1 heterocycles. The molecule has 0 spiro atoms. The van der Waals surface area contributed by atoms with Gasteiger partial charge in [0.25, 0.3) is 0 Å². The van der Waals surface area contributed by atoms with Crippen LogP contribution in [-0.4, -0.2) is 31.7 Å². The fraction of sp³-hybridized carbons (Fsp3) is 0.400. The Kier molecular flexibility index (Phi) is 10.9. The molecule has 0 saturated carbocycles. The Bertz CT molecular complexity index is 793. The molecule has 0 aliphatic heterocycles. The van der Waals surface area contributed by atoms with Gasteiger partial charge in [-0.1, -0.05) is 6.08 Å². The predicted octanol–water partition coefficient (Wildman–Crippen LogP) is 4.07. The number of hydrogen-bond donors (Lipinski definition) is 2. The van der Waals surface area contributed by atoms with E-state index in [9.17, 15) is 0 Å². The lowest BCUT2D eigenvalue weighted by molar-refractivity contribution is 0.352. The number of rotatable bonds is 9. The van der Waals surface area contributed by atoms with Crippen molar-refractivity contribution in [3.63, 3.8) is 0 Å². The van der Waals surface area contributed by atoms with Gasteiger partial charge in [-0.2, -0.15) is 0 Å². The van der Waals surface area contributed by atoms with Crippen LogP contribution in [0.2, 0.25) is 0 Å². The van der Waals surface area contributed by atoms with Gasteiger partial charge in [0.2, 0.25) is 0 Å². The van der Waals surface area contributed by atoms with Crippen LogP contribution in [0.15, 0.2) is 36.0 Å². The first kappa shape index (κ1) is 24.2. The lowest BCUT2D eigenvalue weighted by Crippen LogP contribution is -2.36. The van der Waals surface area contributed by atoms with E-state index in [1.165, 1.54) is 4.88 Å².